The number of hydrogen-bond donors (Lipinski definition) is 0. The van der Waals surface area contributed by atoms with Gasteiger partial charge in [0, 0.05) is 52.4 Å². The molecule has 3 aliphatic heterocycles. The fourth-order valence-corrected chi connectivity index (χ4v) is 3.73. The number of carbonyl (C=O) groups is 2. The van der Waals surface area contributed by atoms with Gasteiger partial charge in [0.1, 0.15) is 0 Å². The number of ether oxygens (including phenoxy) is 1. The van der Waals surface area contributed by atoms with Crippen molar-refractivity contribution in [3.8, 4) is 0 Å². The van der Waals surface area contributed by atoms with E-state index >= 15 is 0 Å². The summed E-state index contributed by atoms with van der Waals surface area (Å²) in [6, 6.07) is 0.490. The Balaban J connectivity index is 1.44. The molecule has 3 aliphatic rings. The monoisotopic (exact) mass is 324 g/mol. The third-order valence-corrected chi connectivity index (χ3v) is 5.20. The smallest absolute Gasteiger partial charge is 0.320 e. The van der Waals surface area contributed by atoms with Crippen LogP contribution >= 0.6 is 0 Å². The maximum absolute atomic E-state index is 12.4. The van der Waals surface area contributed by atoms with Crippen LogP contribution < -0.4 is 0 Å². The molecular weight excluding hydrogens is 296 g/mol. The van der Waals surface area contributed by atoms with Crippen LogP contribution in [0.1, 0.15) is 19.8 Å². The van der Waals surface area contributed by atoms with Gasteiger partial charge in [-0.2, -0.15) is 0 Å². The molecule has 0 saturated carbocycles. The average molecular weight is 324 g/mol. The number of likely N-dealkylation sites (tertiary alicyclic amines) is 1. The third kappa shape index (κ3) is 3.77. The Labute approximate surface area is 138 Å². The number of amides is 3. The molecular formula is C16H28N4O3. The van der Waals surface area contributed by atoms with E-state index in [9.17, 15) is 9.59 Å². The van der Waals surface area contributed by atoms with E-state index in [1.807, 2.05) is 23.8 Å². The van der Waals surface area contributed by atoms with Gasteiger partial charge >= 0.3 is 6.03 Å². The van der Waals surface area contributed by atoms with Crippen molar-refractivity contribution in [2.75, 3.05) is 59.5 Å². The predicted octanol–water partition coefficient (Wildman–Crippen LogP) is 0.0655. The summed E-state index contributed by atoms with van der Waals surface area (Å²) in [6.07, 6.45) is 2.07. The lowest BCUT2D eigenvalue weighted by atomic mass is 10.0. The van der Waals surface area contributed by atoms with E-state index in [0.717, 1.165) is 39.0 Å². The number of rotatable bonds is 3. The molecule has 0 aromatic rings. The van der Waals surface area contributed by atoms with Gasteiger partial charge in [-0.15, -0.1) is 0 Å². The van der Waals surface area contributed by atoms with Crippen LogP contribution in [0.3, 0.4) is 0 Å². The quantitative estimate of drug-likeness (QED) is 0.737. The van der Waals surface area contributed by atoms with Crippen molar-refractivity contribution in [1.82, 2.24) is 19.6 Å². The Hall–Kier alpha value is -1.34. The first-order chi connectivity index (χ1) is 11.0. The predicted molar refractivity (Wildman–Crippen MR) is 86.2 cm³/mol. The second-order valence-corrected chi connectivity index (χ2v) is 6.93. The SMILES string of the molecule is C[C@H]1CN(C(=O)CN2CCC(N3CCN(C)C3=O)CC2)CCO1. The number of hydrogen-bond acceptors (Lipinski definition) is 4. The van der Waals surface area contributed by atoms with Crippen LogP contribution in [0.4, 0.5) is 4.79 Å². The molecule has 3 amide bonds. The molecule has 0 radical (unpaired) electrons. The average Bonchev–Trinajstić information content (AvgIpc) is 2.88. The first-order valence-electron chi connectivity index (χ1n) is 8.68. The number of morpholine rings is 1. The molecule has 0 aromatic carbocycles. The van der Waals surface area contributed by atoms with Gasteiger partial charge in [0.25, 0.3) is 0 Å². The summed E-state index contributed by atoms with van der Waals surface area (Å²) >= 11 is 0. The summed E-state index contributed by atoms with van der Waals surface area (Å²) in [7, 11) is 1.86. The van der Waals surface area contributed by atoms with Crippen LogP contribution in [0, 0.1) is 0 Å². The van der Waals surface area contributed by atoms with E-state index in [0.29, 0.717) is 32.3 Å². The summed E-state index contributed by atoms with van der Waals surface area (Å²) in [5.41, 5.74) is 0. The molecule has 0 bridgehead atoms. The van der Waals surface area contributed by atoms with Crippen LogP contribution in [0.25, 0.3) is 0 Å². The Bertz CT molecular complexity index is 451. The number of nitrogens with zero attached hydrogens (tertiary/aromatic N) is 4. The van der Waals surface area contributed by atoms with Gasteiger partial charge in [-0.05, 0) is 19.8 Å². The largest absolute Gasteiger partial charge is 0.375 e. The van der Waals surface area contributed by atoms with Crippen LogP contribution in [0.2, 0.25) is 0 Å². The molecule has 23 heavy (non-hydrogen) atoms. The van der Waals surface area contributed by atoms with Gasteiger partial charge in [0.2, 0.25) is 5.91 Å². The summed E-state index contributed by atoms with van der Waals surface area (Å²) < 4.78 is 5.49. The molecule has 0 aromatic heterocycles. The van der Waals surface area contributed by atoms with Crippen molar-refractivity contribution in [2.45, 2.75) is 31.9 Å². The lowest BCUT2D eigenvalue weighted by Crippen LogP contribution is -2.51. The maximum Gasteiger partial charge on any atom is 0.320 e. The molecule has 7 nitrogen and oxygen atoms in total. The highest BCUT2D eigenvalue weighted by Crippen LogP contribution is 2.20. The fourth-order valence-electron chi connectivity index (χ4n) is 3.73. The molecule has 3 rings (SSSR count). The van der Waals surface area contributed by atoms with Crippen LogP contribution in [0.15, 0.2) is 0 Å². The topological polar surface area (TPSA) is 56.3 Å². The summed E-state index contributed by atoms with van der Waals surface area (Å²) in [5, 5.41) is 0. The van der Waals surface area contributed by atoms with E-state index in [2.05, 4.69) is 4.90 Å². The Morgan fingerprint density at radius 2 is 1.91 bits per heavy atom. The van der Waals surface area contributed by atoms with Crippen molar-refractivity contribution >= 4 is 11.9 Å². The molecule has 3 saturated heterocycles. The van der Waals surface area contributed by atoms with Gasteiger partial charge in [-0.1, -0.05) is 0 Å². The zero-order valence-electron chi connectivity index (χ0n) is 14.2. The molecule has 0 spiro atoms. The van der Waals surface area contributed by atoms with Crippen LogP contribution in [-0.2, 0) is 9.53 Å². The summed E-state index contributed by atoms with van der Waals surface area (Å²) in [5.74, 6) is 0.204. The van der Waals surface area contributed by atoms with Crippen LogP contribution in [0.5, 0.6) is 0 Å². The molecule has 130 valence electrons. The molecule has 7 heteroatoms. The molecule has 0 unspecified atom stereocenters. The van der Waals surface area contributed by atoms with Gasteiger partial charge in [-0.25, -0.2) is 4.79 Å². The summed E-state index contributed by atoms with van der Waals surface area (Å²) in [6.45, 7) is 7.99. The Morgan fingerprint density at radius 3 is 2.52 bits per heavy atom. The van der Waals surface area contributed by atoms with Gasteiger partial charge in [-0.3, -0.25) is 9.69 Å². The lowest BCUT2D eigenvalue weighted by Gasteiger charge is -2.37. The van der Waals surface area contributed by atoms with E-state index in [-0.39, 0.29) is 18.0 Å². The highest BCUT2D eigenvalue weighted by atomic mass is 16.5. The first-order valence-corrected chi connectivity index (χ1v) is 8.68. The number of likely N-dealkylation sites (N-methyl/N-ethyl adjacent to an activating group) is 1. The van der Waals surface area contributed by atoms with E-state index < -0.39 is 0 Å². The number of piperidine rings is 1. The fraction of sp³-hybridized carbons (Fsp3) is 0.875. The summed E-state index contributed by atoms with van der Waals surface area (Å²) in [4.78, 5) is 32.4. The number of carbonyl (C=O) groups excluding carboxylic acids is 2. The molecule has 3 fully saturated rings. The standard InChI is InChI=1S/C16H28N4O3/c1-13-11-19(9-10-23-13)15(21)12-18-5-3-14(4-6-18)20-8-7-17(2)16(20)22/h13-14H,3-12H2,1-2H3/t13-/m0/s1. The van der Waals surface area contributed by atoms with E-state index in [4.69, 9.17) is 4.74 Å². The molecule has 1 atom stereocenters. The first kappa shape index (κ1) is 16.5. The molecule has 0 aliphatic carbocycles. The highest BCUT2D eigenvalue weighted by Gasteiger charge is 2.34. The zero-order valence-corrected chi connectivity index (χ0v) is 14.2. The van der Waals surface area contributed by atoms with Crippen molar-refractivity contribution in [1.29, 1.82) is 0 Å². The van der Waals surface area contributed by atoms with Crippen molar-refractivity contribution < 1.29 is 14.3 Å². The second-order valence-electron chi connectivity index (χ2n) is 6.93. The van der Waals surface area contributed by atoms with Crippen molar-refractivity contribution in [3.05, 3.63) is 0 Å². The minimum Gasteiger partial charge on any atom is -0.375 e. The minimum absolute atomic E-state index is 0.136. The Kier molecular flexibility index (Phi) is 5.06. The lowest BCUT2D eigenvalue weighted by molar-refractivity contribution is -0.139. The van der Waals surface area contributed by atoms with Gasteiger partial charge in [0.15, 0.2) is 0 Å². The van der Waals surface area contributed by atoms with Crippen molar-refractivity contribution in [3.63, 3.8) is 0 Å². The third-order valence-electron chi connectivity index (χ3n) is 5.20. The van der Waals surface area contributed by atoms with Crippen molar-refractivity contribution in [2.24, 2.45) is 0 Å². The van der Waals surface area contributed by atoms with E-state index in [1.54, 1.807) is 4.90 Å². The Morgan fingerprint density at radius 1 is 1.17 bits per heavy atom. The minimum atomic E-state index is 0.136. The van der Waals surface area contributed by atoms with Gasteiger partial charge in [0.05, 0.1) is 19.3 Å². The highest BCUT2D eigenvalue weighted by molar-refractivity contribution is 5.78. The van der Waals surface area contributed by atoms with E-state index in [1.165, 1.54) is 0 Å². The van der Waals surface area contributed by atoms with Gasteiger partial charge < -0.3 is 19.4 Å². The normalized spacial score (nSPS) is 27.8. The van der Waals surface area contributed by atoms with Crippen LogP contribution in [-0.4, -0.2) is 103 Å². The molecule has 0 N–H and O–H groups in total. The maximum atomic E-state index is 12.4. The second kappa shape index (κ2) is 7.05. The zero-order chi connectivity index (χ0) is 16.4. The number of urea groups is 1. The molecule has 3 heterocycles.